The Morgan fingerprint density at radius 2 is 1.74 bits per heavy atom. The number of amides is 1. The van der Waals surface area contributed by atoms with Crippen LogP contribution in [-0.4, -0.2) is 21.1 Å². The first-order valence-electron chi connectivity index (χ1n) is 9.33. The van der Waals surface area contributed by atoms with Crippen LogP contribution in [-0.2, 0) is 10.0 Å². The molecule has 0 aromatic heterocycles. The number of benzene rings is 3. The fourth-order valence-electron chi connectivity index (χ4n) is 3.16. The second-order valence-corrected chi connectivity index (χ2v) is 9.15. The van der Waals surface area contributed by atoms with E-state index in [9.17, 15) is 13.2 Å². The van der Waals surface area contributed by atoms with Crippen molar-refractivity contribution in [1.29, 1.82) is 0 Å². The first-order chi connectivity index (χ1) is 14.7. The molecule has 0 radical (unpaired) electrons. The molecule has 0 bridgehead atoms. The molecule has 1 heterocycles. The molecular weight excluding hydrogens is 440 g/mol. The van der Waals surface area contributed by atoms with Crippen LogP contribution in [0.15, 0.2) is 59.5 Å². The number of hydrogen-bond acceptors (Lipinski definition) is 5. The average molecular weight is 459 g/mol. The van der Waals surface area contributed by atoms with Crippen LogP contribution in [0.5, 0.6) is 11.5 Å². The van der Waals surface area contributed by atoms with Crippen molar-refractivity contribution in [1.82, 2.24) is 0 Å². The van der Waals surface area contributed by atoms with E-state index in [0.29, 0.717) is 22.9 Å². The highest BCUT2D eigenvalue weighted by atomic mass is 35.5. The van der Waals surface area contributed by atoms with Crippen molar-refractivity contribution in [2.24, 2.45) is 0 Å². The molecule has 3 aromatic carbocycles. The van der Waals surface area contributed by atoms with E-state index in [2.05, 4.69) is 10.0 Å². The average Bonchev–Trinajstić information content (AvgIpc) is 3.18. The van der Waals surface area contributed by atoms with E-state index < -0.39 is 15.9 Å². The first kappa shape index (κ1) is 21.0. The molecule has 0 saturated heterocycles. The van der Waals surface area contributed by atoms with E-state index in [0.717, 1.165) is 11.1 Å². The number of nitrogens with one attached hydrogen (secondary N) is 2. The van der Waals surface area contributed by atoms with Crippen LogP contribution in [0.2, 0.25) is 5.02 Å². The van der Waals surface area contributed by atoms with Crippen LogP contribution in [0, 0.1) is 13.8 Å². The highest BCUT2D eigenvalue weighted by Crippen LogP contribution is 2.34. The number of sulfonamides is 1. The summed E-state index contributed by atoms with van der Waals surface area (Å²) in [6.07, 6.45) is 0. The van der Waals surface area contributed by atoms with E-state index in [1.165, 1.54) is 18.2 Å². The zero-order valence-electron chi connectivity index (χ0n) is 16.7. The van der Waals surface area contributed by atoms with Crippen LogP contribution < -0.4 is 19.5 Å². The molecule has 0 fully saturated rings. The molecule has 160 valence electrons. The van der Waals surface area contributed by atoms with E-state index in [-0.39, 0.29) is 22.3 Å². The van der Waals surface area contributed by atoms with Gasteiger partial charge in [0.15, 0.2) is 11.5 Å². The fraction of sp³-hybridized carbons (Fsp3) is 0.136. The molecular formula is C22H19ClN2O5S. The number of ether oxygens (including phenoxy) is 2. The van der Waals surface area contributed by atoms with E-state index in [1.54, 1.807) is 24.3 Å². The van der Waals surface area contributed by atoms with E-state index in [4.69, 9.17) is 21.1 Å². The van der Waals surface area contributed by atoms with Crippen LogP contribution in [0.25, 0.3) is 0 Å². The minimum Gasteiger partial charge on any atom is -0.454 e. The minimum atomic E-state index is -4.01. The number of halogens is 1. The summed E-state index contributed by atoms with van der Waals surface area (Å²) in [5.74, 6) is 0.628. The molecule has 0 atom stereocenters. The van der Waals surface area contributed by atoms with Gasteiger partial charge in [-0.25, -0.2) is 8.42 Å². The molecule has 0 aliphatic carbocycles. The van der Waals surface area contributed by atoms with Crippen molar-refractivity contribution in [3.63, 3.8) is 0 Å². The summed E-state index contributed by atoms with van der Waals surface area (Å²) < 4.78 is 39.0. The third kappa shape index (κ3) is 4.45. The quantitative estimate of drug-likeness (QED) is 0.576. The van der Waals surface area contributed by atoms with Gasteiger partial charge in [-0.3, -0.25) is 9.52 Å². The van der Waals surface area contributed by atoms with E-state index >= 15 is 0 Å². The normalized spacial score (nSPS) is 12.5. The number of carbonyl (C=O) groups excluding carboxylic acids is 1. The van der Waals surface area contributed by atoms with Crippen LogP contribution in [0.4, 0.5) is 11.4 Å². The zero-order valence-corrected chi connectivity index (χ0v) is 18.3. The fourth-order valence-corrected chi connectivity index (χ4v) is 4.81. The van der Waals surface area contributed by atoms with Gasteiger partial charge >= 0.3 is 0 Å². The molecule has 1 aliphatic heterocycles. The van der Waals surface area contributed by atoms with Crippen molar-refractivity contribution >= 4 is 38.9 Å². The van der Waals surface area contributed by atoms with Crippen LogP contribution in [0.3, 0.4) is 0 Å². The second-order valence-electron chi connectivity index (χ2n) is 7.09. The van der Waals surface area contributed by atoms with Crippen LogP contribution >= 0.6 is 11.6 Å². The summed E-state index contributed by atoms with van der Waals surface area (Å²) in [6, 6.07) is 14.4. The molecule has 2 N–H and O–H groups in total. The minimum absolute atomic E-state index is 0.0110. The molecule has 9 heteroatoms. The SMILES string of the molecule is Cc1ccc(NS(=O)(=O)c2cc(C(=O)Nc3ccc4c(c3)OCO4)ccc2Cl)c(C)c1. The maximum absolute atomic E-state index is 13.0. The predicted molar refractivity (Wildman–Crippen MR) is 119 cm³/mol. The van der Waals surface area contributed by atoms with Gasteiger partial charge in [-0.1, -0.05) is 29.3 Å². The molecule has 4 rings (SSSR count). The Morgan fingerprint density at radius 3 is 2.52 bits per heavy atom. The summed E-state index contributed by atoms with van der Waals surface area (Å²) in [7, 11) is -4.01. The van der Waals surface area contributed by atoms with Gasteiger partial charge in [0.05, 0.1) is 10.7 Å². The summed E-state index contributed by atoms with van der Waals surface area (Å²) in [5, 5.41) is 2.73. The topological polar surface area (TPSA) is 93.7 Å². The second kappa shape index (κ2) is 8.13. The van der Waals surface area contributed by atoms with Gasteiger partial charge < -0.3 is 14.8 Å². The molecule has 31 heavy (non-hydrogen) atoms. The Kier molecular flexibility index (Phi) is 5.51. The number of fused-ring (bicyclic) bond motifs is 1. The summed E-state index contributed by atoms with van der Waals surface area (Å²) in [4.78, 5) is 12.5. The molecule has 0 spiro atoms. The lowest BCUT2D eigenvalue weighted by molar-refractivity contribution is 0.102. The zero-order chi connectivity index (χ0) is 22.2. The molecule has 0 saturated carbocycles. The van der Waals surface area contributed by atoms with Gasteiger partial charge in [0.2, 0.25) is 6.79 Å². The monoisotopic (exact) mass is 458 g/mol. The van der Waals surface area contributed by atoms with Gasteiger partial charge in [-0.2, -0.15) is 0 Å². The number of rotatable bonds is 5. The Hall–Kier alpha value is -3.23. The van der Waals surface area contributed by atoms with Crippen LogP contribution in [0.1, 0.15) is 21.5 Å². The Labute approximate surface area is 185 Å². The lowest BCUT2D eigenvalue weighted by Crippen LogP contribution is -2.17. The van der Waals surface area contributed by atoms with Crippen molar-refractivity contribution in [3.05, 3.63) is 76.3 Å². The summed E-state index contributed by atoms with van der Waals surface area (Å²) >= 11 is 6.16. The highest BCUT2D eigenvalue weighted by molar-refractivity contribution is 7.92. The smallest absolute Gasteiger partial charge is 0.263 e. The van der Waals surface area contributed by atoms with E-state index in [1.807, 2.05) is 26.0 Å². The standard InChI is InChI=1S/C22H19ClN2O5S/c1-13-3-7-18(14(2)9-13)25-31(27,28)21-10-15(4-6-17(21)23)22(26)24-16-5-8-19-20(11-16)30-12-29-19/h3-11,25H,12H2,1-2H3,(H,24,26). The Balaban J connectivity index is 1.59. The van der Waals surface area contributed by atoms with Crippen molar-refractivity contribution < 1.29 is 22.7 Å². The maximum Gasteiger partial charge on any atom is 0.263 e. The van der Waals surface area contributed by atoms with Gasteiger partial charge in [0.25, 0.3) is 15.9 Å². The summed E-state index contributed by atoms with van der Waals surface area (Å²) in [5.41, 5.74) is 2.86. The number of carbonyl (C=O) groups is 1. The van der Waals surface area contributed by atoms with Gasteiger partial charge in [-0.05, 0) is 55.8 Å². The van der Waals surface area contributed by atoms with Crippen molar-refractivity contribution in [2.75, 3.05) is 16.8 Å². The lowest BCUT2D eigenvalue weighted by atomic mass is 10.1. The summed E-state index contributed by atoms with van der Waals surface area (Å²) in [6.45, 7) is 3.85. The molecule has 7 nitrogen and oxygen atoms in total. The van der Waals surface area contributed by atoms with Gasteiger partial charge in [0, 0.05) is 17.3 Å². The lowest BCUT2D eigenvalue weighted by Gasteiger charge is -2.13. The molecule has 3 aromatic rings. The number of aryl methyl sites for hydroxylation is 2. The molecule has 0 unspecified atom stereocenters. The van der Waals surface area contributed by atoms with Gasteiger partial charge in [0.1, 0.15) is 4.90 Å². The van der Waals surface area contributed by atoms with Gasteiger partial charge in [-0.15, -0.1) is 0 Å². The Morgan fingerprint density at radius 1 is 0.968 bits per heavy atom. The third-order valence-electron chi connectivity index (χ3n) is 4.74. The number of hydrogen-bond donors (Lipinski definition) is 2. The molecule has 1 aliphatic rings. The molecule has 1 amide bonds. The van der Waals surface area contributed by atoms with Crippen molar-refractivity contribution in [3.8, 4) is 11.5 Å². The third-order valence-corrected chi connectivity index (χ3v) is 6.59. The van der Waals surface area contributed by atoms with Crippen molar-refractivity contribution in [2.45, 2.75) is 18.7 Å². The maximum atomic E-state index is 13.0. The number of anilines is 2. The highest BCUT2D eigenvalue weighted by Gasteiger charge is 2.22. The largest absolute Gasteiger partial charge is 0.454 e. The Bertz CT molecular complexity index is 1290. The predicted octanol–water partition coefficient (Wildman–Crippen LogP) is 4.74. The first-order valence-corrected chi connectivity index (χ1v) is 11.2.